The molecule has 2 fully saturated rings. The molecule has 2 aliphatic rings. The molecule has 2 atom stereocenters. The maximum Gasteiger partial charge on any atom is 0.127 e. The number of benzene rings is 1. The van der Waals surface area contributed by atoms with Crippen molar-refractivity contribution in [1.29, 1.82) is 0 Å². The van der Waals surface area contributed by atoms with Crippen molar-refractivity contribution in [3.05, 3.63) is 35.6 Å². The number of hydrogen-bond donors (Lipinski definition) is 1. The number of halogens is 1. The molecule has 1 aliphatic heterocycles. The second kappa shape index (κ2) is 6.86. The maximum atomic E-state index is 13.6. The highest BCUT2D eigenvalue weighted by Gasteiger charge is 2.28. The van der Waals surface area contributed by atoms with Crippen LogP contribution in [0.25, 0.3) is 0 Å². The lowest BCUT2D eigenvalue weighted by molar-refractivity contribution is 0.0264. The van der Waals surface area contributed by atoms with E-state index in [0.29, 0.717) is 12.6 Å². The molecule has 3 nitrogen and oxygen atoms in total. The van der Waals surface area contributed by atoms with E-state index in [2.05, 4.69) is 10.2 Å². The molecule has 2 unspecified atom stereocenters. The minimum absolute atomic E-state index is 0.122. The Kier molecular flexibility index (Phi) is 4.88. The number of hydrogen-bond acceptors (Lipinski definition) is 3. The third kappa shape index (κ3) is 4.50. The largest absolute Gasteiger partial charge is 0.372 e. The van der Waals surface area contributed by atoms with Gasteiger partial charge in [0.2, 0.25) is 0 Å². The van der Waals surface area contributed by atoms with Gasteiger partial charge in [0, 0.05) is 31.2 Å². The predicted octanol–water partition coefficient (Wildman–Crippen LogP) is 2.56. The second-order valence-electron chi connectivity index (χ2n) is 6.43. The van der Waals surface area contributed by atoms with Crippen molar-refractivity contribution in [3.63, 3.8) is 0 Å². The zero-order chi connectivity index (χ0) is 14.7. The summed E-state index contributed by atoms with van der Waals surface area (Å²) in [7, 11) is 2.03. The topological polar surface area (TPSA) is 24.5 Å². The molecule has 21 heavy (non-hydrogen) atoms. The zero-order valence-corrected chi connectivity index (χ0v) is 12.7. The number of ether oxygens (including phenoxy) is 1. The van der Waals surface area contributed by atoms with Crippen molar-refractivity contribution in [3.8, 4) is 0 Å². The van der Waals surface area contributed by atoms with Crippen LogP contribution in [0.3, 0.4) is 0 Å². The van der Waals surface area contributed by atoms with E-state index in [-0.39, 0.29) is 11.9 Å². The molecule has 1 saturated heterocycles. The van der Waals surface area contributed by atoms with E-state index in [1.807, 2.05) is 19.2 Å². The summed E-state index contributed by atoms with van der Waals surface area (Å²) in [4.78, 5) is 2.15. The summed E-state index contributed by atoms with van der Waals surface area (Å²) in [6.07, 6.45) is 5.53. The van der Waals surface area contributed by atoms with Crippen LogP contribution in [0.15, 0.2) is 24.3 Å². The SMILES string of the molecule is CN(Cc1ccccc1F)CC1CCC(CNC2CC2)O1. The van der Waals surface area contributed by atoms with Crippen LogP contribution in [0.2, 0.25) is 0 Å². The van der Waals surface area contributed by atoms with Crippen molar-refractivity contribution in [2.45, 2.75) is 50.5 Å². The van der Waals surface area contributed by atoms with Gasteiger partial charge in [0.25, 0.3) is 0 Å². The molecule has 0 aromatic heterocycles. The van der Waals surface area contributed by atoms with Gasteiger partial charge in [-0.25, -0.2) is 4.39 Å². The summed E-state index contributed by atoms with van der Waals surface area (Å²) in [5, 5.41) is 3.53. The van der Waals surface area contributed by atoms with Crippen LogP contribution >= 0.6 is 0 Å². The first-order valence-electron chi connectivity index (χ1n) is 8.01. The molecule has 3 rings (SSSR count). The summed E-state index contributed by atoms with van der Waals surface area (Å²) in [6, 6.07) is 7.74. The fraction of sp³-hybridized carbons (Fsp3) is 0.647. The minimum Gasteiger partial charge on any atom is -0.372 e. The lowest BCUT2D eigenvalue weighted by Crippen LogP contribution is -2.32. The van der Waals surface area contributed by atoms with Gasteiger partial charge in [0.1, 0.15) is 5.82 Å². The van der Waals surface area contributed by atoms with Gasteiger partial charge < -0.3 is 10.1 Å². The highest BCUT2D eigenvalue weighted by molar-refractivity contribution is 5.17. The van der Waals surface area contributed by atoms with Gasteiger partial charge in [-0.15, -0.1) is 0 Å². The van der Waals surface area contributed by atoms with E-state index in [4.69, 9.17) is 4.74 Å². The Morgan fingerprint density at radius 2 is 1.95 bits per heavy atom. The first-order chi connectivity index (χ1) is 10.2. The third-order valence-electron chi connectivity index (χ3n) is 4.32. The monoisotopic (exact) mass is 292 g/mol. The molecule has 0 radical (unpaired) electrons. The van der Waals surface area contributed by atoms with Crippen LogP contribution < -0.4 is 5.32 Å². The second-order valence-corrected chi connectivity index (χ2v) is 6.43. The Bertz CT molecular complexity index is 464. The predicted molar refractivity (Wildman–Crippen MR) is 81.7 cm³/mol. The van der Waals surface area contributed by atoms with Gasteiger partial charge in [-0.05, 0) is 38.8 Å². The average Bonchev–Trinajstić information content (AvgIpc) is 3.19. The average molecular weight is 292 g/mol. The summed E-state index contributed by atoms with van der Waals surface area (Å²) in [5.41, 5.74) is 0.755. The molecule has 0 spiro atoms. The number of likely N-dealkylation sites (N-methyl/N-ethyl adjacent to an activating group) is 1. The Morgan fingerprint density at radius 3 is 2.71 bits per heavy atom. The molecular weight excluding hydrogens is 267 g/mol. The maximum absolute atomic E-state index is 13.6. The number of nitrogens with zero attached hydrogens (tertiary/aromatic N) is 1. The van der Waals surface area contributed by atoms with Crippen molar-refractivity contribution in [2.24, 2.45) is 0 Å². The lowest BCUT2D eigenvalue weighted by Gasteiger charge is -2.22. The van der Waals surface area contributed by atoms with Crippen molar-refractivity contribution in [1.82, 2.24) is 10.2 Å². The number of nitrogens with one attached hydrogen (secondary N) is 1. The normalized spacial score (nSPS) is 25.7. The Morgan fingerprint density at radius 1 is 1.19 bits per heavy atom. The van der Waals surface area contributed by atoms with Crippen LogP contribution in [0.1, 0.15) is 31.2 Å². The summed E-state index contributed by atoms with van der Waals surface area (Å²) in [6.45, 7) is 2.49. The molecular formula is C17H25FN2O. The first kappa shape index (κ1) is 14.9. The minimum atomic E-state index is -0.122. The molecule has 1 N–H and O–H groups in total. The van der Waals surface area contributed by atoms with Crippen LogP contribution in [0.5, 0.6) is 0 Å². The van der Waals surface area contributed by atoms with Gasteiger partial charge in [0.15, 0.2) is 0 Å². The molecule has 1 saturated carbocycles. The van der Waals surface area contributed by atoms with Gasteiger partial charge in [0.05, 0.1) is 12.2 Å². The van der Waals surface area contributed by atoms with Crippen LogP contribution in [0.4, 0.5) is 4.39 Å². The van der Waals surface area contributed by atoms with Crippen LogP contribution in [-0.2, 0) is 11.3 Å². The molecule has 4 heteroatoms. The van der Waals surface area contributed by atoms with E-state index in [9.17, 15) is 4.39 Å². The molecule has 1 heterocycles. The van der Waals surface area contributed by atoms with Crippen LogP contribution in [0, 0.1) is 5.82 Å². The summed E-state index contributed by atoms with van der Waals surface area (Å²) < 4.78 is 19.7. The van der Waals surface area contributed by atoms with E-state index >= 15 is 0 Å². The van der Waals surface area contributed by atoms with E-state index in [0.717, 1.165) is 37.5 Å². The van der Waals surface area contributed by atoms with Crippen molar-refractivity contribution < 1.29 is 9.13 Å². The Balaban J connectivity index is 1.40. The standard InChI is InChI=1S/C17H25FN2O/c1-20(11-13-4-2-3-5-17(13)18)12-16-9-8-15(21-16)10-19-14-6-7-14/h2-5,14-16,19H,6-12H2,1H3. The fourth-order valence-corrected chi connectivity index (χ4v) is 2.98. The quantitative estimate of drug-likeness (QED) is 0.836. The molecule has 0 amide bonds. The van der Waals surface area contributed by atoms with Gasteiger partial charge in [-0.2, -0.15) is 0 Å². The van der Waals surface area contributed by atoms with E-state index in [1.165, 1.54) is 18.9 Å². The first-order valence-corrected chi connectivity index (χ1v) is 8.01. The molecule has 116 valence electrons. The van der Waals surface area contributed by atoms with Gasteiger partial charge in [-0.3, -0.25) is 4.90 Å². The molecule has 1 aromatic rings. The Hall–Kier alpha value is -0.970. The summed E-state index contributed by atoms with van der Waals surface area (Å²) >= 11 is 0. The lowest BCUT2D eigenvalue weighted by atomic mass is 10.1. The third-order valence-corrected chi connectivity index (χ3v) is 4.32. The van der Waals surface area contributed by atoms with Gasteiger partial charge in [-0.1, -0.05) is 18.2 Å². The van der Waals surface area contributed by atoms with Crippen molar-refractivity contribution in [2.75, 3.05) is 20.1 Å². The van der Waals surface area contributed by atoms with Crippen LogP contribution in [-0.4, -0.2) is 43.3 Å². The fourth-order valence-electron chi connectivity index (χ4n) is 2.98. The summed E-state index contributed by atoms with van der Waals surface area (Å²) in [5.74, 6) is -0.122. The Labute approximate surface area is 126 Å². The smallest absolute Gasteiger partial charge is 0.127 e. The van der Waals surface area contributed by atoms with Crippen molar-refractivity contribution >= 4 is 0 Å². The van der Waals surface area contributed by atoms with E-state index in [1.54, 1.807) is 6.07 Å². The zero-order valence-electron chi connectivity index (χ0n) is 12.7. The highest BCUT2D eigenvalue weighted by Crippen LogP contribution is 2.23. The molecule has 1 aliphatic carbocycles. The van der Waals surface area contributed by atoms with Gasteiger partial charge >= 0.3 is 0 Å². The highest BCUT2D eigenvalue weighted by atomic mass is 19.1. The molecule has 0 bridgehead atoms. The van der Waals surface area contributed by atoms with E-state index < -0.39 is 0 Å². The number of rotatable bonds is 7. The molecule has 1 aromatic carbocycles.